The number of anilines is 1. The van der Waals surface area contributed by atoms with Crippen LogP contribution in [0.25, 0.3) is 5.65 Å². The number of carbonyl (C=O) groups excluding carboxylic acids is 1. The van der Waals surface area contributed by atoms with Gasteiger partial charge in [-0.25, -0.2) is 4.98 Å². The largest absolute Gasteiger partial charge is 0.489 e. The van der Waals surface area contributed by atoms with Crippen LogP contribution in [0, 0.1) is 6.92 Å². The monoisotopic (exact) mass is 385 g/mol. The molecule has 146 valence electrons. The molecule has 0 spiro atoms. The number of aryl methyl sites for hydroxylation is 2. The van der Waals surface area contributed by atoms with Gasteiger partial charge in [0.05, 0.1) is 11.3 Å². The summed E-state index contributed by atoms with van der Waals surface area (Å²) in [4.78, 5) is 17.2. The van der Waals surface area contributed by atoms with Crippen LogP contribution in [-0.4, -0.2) is 15.3 Å². The smallest absolute Gasteiger partial charge is 0.257 e. The van der Waals surface area contributed by atoms with Gasteiger partial charge in [-0.3, -0.25) is 4.79 Å². The van der Waals surface area contributed by atoms with Crippen LogP contribution in [0.15, 0.2) is 72.9 Å². The van der Waals surface area contributed by atoms with Crippen LogP contribution < -0.4 is 10.1 Å². The van der Waals surface area contributed by atoms with Gasteiger partial charge in [0.15, 0.2) is 0 Å². The van der Waals surface area contributed by atoms with Gasteiger partial charge in [0.1, 0.15) is 18.0 Å². The first kappa shape index (κ1) is 18.7. The molecule has 29 heavy (non-hydrogen) atoms. The molecule has 4 rings (SSSR count). The van der Waals surface area contributed by atoms with E-state index in [4.69, 9.17) is 4.74 Å². The van der Waals surface area contributed by atoms with E-state index in [-0.39, 0.29) is 5.91 Å². The van der Waals surface area contributed by atoms with Gasteiger partial charge in [0, 0.05) is 17.6 Å². The Balaban J connectivity index is 1.43. The molecule has 5 nitrogen and oxygen atoms in total. The fourth-order valence-corrected chi connectivity index (χ4v) is 3.26. The molecule has 0 aliphatic rings. The minimum Gasteiger partial charge on any atom is -0.489 e. The van der Waals surface area contributed by atoms with Crippen LogP contribution in [-0.2, 0) is 13.0 Å². The number of nitrogens with one attached hydrogen (secondary N) is 1. The van der Waals surface area contributed by atoms with E-state index in [0.29, 0.717) is 12.2 Å². The molecule has 0 radical (unpaired) electrons. The van der Waals surface area contributed by atoms with E-state index in [1.54, 1.807) is 6.07 Å². The molecule has 0 aliphatic heterocycles. The van der Waals surface area contributed by atoms with Crippen molar-refractivity contribution < 1.29 is 9.53 Å². The predicted molar refractivity (Wildman–Crippen MR) is 114 cm³/mol. The molecule has 4 aromatic rings. The molecule has 0 fully saturated rings. The lowest BCUT2D eigenvalue weighted by Crippen LogP contribution is -2.12. The highest BCUT2D eigenvalue weighted by Crippen LogP contribution is 2.19. The lowest BCUT2D eigenvalue weighted by molar-refractivity contribution is 0.102. The van der Waals surface area contributed by atoms with Crippen molar-refractivity contribution >= 4 is 17.2 Å². The Morgan fingerprint density at radius 2 is 1.79 bits per heavy atom. The summed E-state index contributed by atoms with van der Waals surface area (Å²) in [5.74, 6) is 0.602. The van der Waals surface area contributed by atoms with E-state index < -0.39 is 0 Å². The molecular weight excluding hydrogens is 362 g/mol. The number of rotatable bonds is 6. The Labute approximate surface area is 170 Å². The SMILES string of the molecule is CCc1nc2ccc(C(=O)Nc3ccc(OCc4ccccc4)cc3)cn2c1C. The van der Waals surface area contributed by atoms with Crippen molar-refractivity contribution in [3.05, 3.63) is 95.4 Å². The zero-order chi connectivity index (χ0) is 20.2. The summed E-state index contributed by atoms with van der Waals surface area (Å²) in [6.07, 6.45) is 2.71. The van der Waals surface area contributed by atoms with Gasteiger partial charge in [0.25, 0.3) is 5.91 Å². The number of imidazole rings is 1. The molecule has 2 heterocycles. The van der Waals surface area contributed by atoms with Crippen LogP contribution in [0.1, 0.15) is 34.2 Å². The van der Waals surface area contributed by atoms with Gasteiger partial charge in [0.2, 0.25) is 0 Å². The summed E-state index contributed by atoms with van der Waals surface area (Å²) >= 11 is 0. The van der Waals surface area contributed by atoms with Crippen molar-refractivity contribution in [2.45, 2.75) is 26.9 Å². The Hall–Kier alpha value is -3.60. The second kappa shape index (κ2) is 8.19. The minimum atomic E-state index is -0.156. The summed E-state index contributed by atoms with van der Waals surface area (Å²) in [7, 11) is 0. The number of aromatic nitrogens is 2. The van der Waals surface area contributed by atoms with E-state index >= 15 is 0 Å². The van der Waals surface area contributed by atoms with Crippen molar-refractivity contribution in [3.63, 3.8) is 0 Å². The third-order valence-electron chi connectivity index (χ3n) is 4.91. The molecule has 0 bridgehead atoms. The summed E-state index contributed by atoms with van der Waals surface area (Å²) < 4.78 is 7.75. The number of hydrogen-bond donors (Lipinski definition) is 1. The van der Waals surface area contributed by atoms with Gasteiger partial charge >= 0.3 is 0 Å². The highest BCUT2D eigenvalue weighted by Gasteiger charge is 2.11. The maximum absolute atomic E-state index is 12.7. The fraction of sp³-hybridized carbons (Fsp3) is 0.167. The minimum absolute atomic E-state index is 0.156. The van der Waals surface area contributed by atoms with Crippen molar-refractivity contribution in [3.8, 4) is 5.75 Å². The topological polar surface area (TPSA) is 55.6 Å². The lowest BCUT2D eigenvalue weighted by atomic mass is 10.2. The first-order valence-electron chi connectivity index (χ1n) is 9.70. The molecule has 1 amide bonds. The van der Waals surface area contributed by atoms with Crippen LogP contribution in [0.3, 0.4) is 0 Å². The fourth-order valence-electron chi connectivity index (χ4n) is 3.26. The van der Waals surface area contributed by atoms with Gasteiger partial charge in [-0.2, -0.15) is 0 Å². The second-order valence-corrected chi connectivity index (χ2v) is 6.90. The number of pyridine rings is 1. The molecular formula is C24H23N3O2. The predicted octanol–water partition coefficient (Wildman–Crippen LogP) is 5.04. The summed E-state index contributed by atoms with van der Waals surface area (Å²) in [5, 5.41) is 2.94. The molecule has 0 saturated carbocycles. The summed E-state index contributed by atoms with van der Waals surface area (Å²) in [6.45, 7) is 4.61. The third-order valence-corrected chi connectivity index (χ3v) is 4.91. The Morgan fingerprint density at radius 1 is 1.03 bits per heavy atom. The number of hydrogen-bond acceptors (Lipinski definition) is 3. The number of nitrogens with zero attached hydrogens (tertiary/aromatic N) is 2. The lowest BCUT2D eigenvalue weighted by Gasteiger charge is -2.09. The van der Waals surface area contributed by atoms with Gasteiger partial charge < -0.3 is 14.5 Å². The highest BCUT2D eigenvalue weighted by atomic mass is 16.5. The van der Waals surface area contributed by atoms with E-state index in [1.165, 1.54) is 0 Å². The normalized spacial score (nSPS) is 10.8. The number of benzene rings is 2. The third kappa shape index (κ3) is 4.14. The zero-order valence-corrected chi connectivity index (χ0v) is 16.6. The molecule has 2 aromatic carbocycles. The van der Waals surface area contributed by atoms with E-state index in [1.807, 2.05) is 78.2 Å². The second-order valence-electron chi connectivity index (χ2n) is 6.90. The number of amides is 1. The van der Waals surface area contributed by atoms with E-state index in [2.05, 4.69) is 17.2 Å². The van der Waals surface area contributed by atoms with Gasteiger partial charge in [-0.05, 0) is 55.3 Å². The average molecular weight is 385 g/mol. The van der Waals surface area contributed by atoms with Crippen LogP contribution in [0.2, 0.25) is 0 Å². The summed E-state index contributed by atoms with van der Waals surface area (Å²) in [5.41, 5.74) is 5.40. The molecule has 0 atom stereocenters. The first-order chi connectivity index (χ1) is 14.1. The number of carbonyl (C=O) groups is 1. The molecule has 0 unspecified atom stereocenters. The maximum atomic E-state index is 12.7. The van der Waals surface area contributed by atoms with Crippen LogP contribution in [0.4, 0.5) is 5.69 Å². The molecule has 5 heteroatoms. The summed E-state index contributed by atoms with van der Waals surface area (Å²) in [6, 6.07) is 21.1. The standard InChI is InChI=1S/C24H23N3O2/c1-3-22-17(2)27-15-19(9-14-23(27)26-22)24(28)25-20-10-12-21(13-11-20)29-16-18-7-5-4-6-8-18/h4-15H,3,16H2,1-2H3,(H,25,28). The first-order valence-corrected chi connectivity index (χ1v) is 9.70. The van der Waals surface area contributed by atoms with Crippen molar-refractivity contribution in [2.24, 2.45) is 0 Å². The zero-order valence-electron chi connectivity index (χ0n) is 16.6. The molecule has 1 N–H and O–H groups in total. The Bertz CT molecular complexity index is 1130. The van der Waals surface area contributed by atoms with E-state index in [0.717, 1.165) is 40.5 Å². The van der Waals surface area contributed by atoms with Crippen molar-refractivity contribution in [1.82, 2.24) is 9.38 Å². The number of ether oxygens (including phenoxy) is 1. The molecule has 2 aromatic heterocycles. The quantitative estimate of drug-likeness (QED) is 0.506. The van der Waals surface area contributed by atoms with Crippen LogP contribution >= 0.6 is 0 Å². The van der Waals surface area contributed by atoms with Crippen molar-refractivity contribution in [1.29, 1.82) is 0 Å². The van der Waals surface area contributed by atoms with Crippen LogP contribution in [0.5, 0.6) is 5.75 Å². The van der Waals surface area contributed by atoms with E-state index in [9.17, 15) is 4.79 Å². The average Bonchev–Trinajstić information content (AvgIpc) is 3.09. The van der Waals surface area contributed by atoms with Crippen molar-refractivity contribution in [2.75, 3.05) is 5.32 Å². The Morgan fingerprint density at radius 3 is 2.52 bits per heavy atom. The van der Waals surface area contributed by atoms with Gasteiger partial charge in [-0.15, -0.1) is 0 Å². The maximum Gasteiger partial charge on any atom is 0.257 e. The Kier molecular flexibility index (Phi) is 5.29. The highest BCUT2D eigenvalue weighted by molar-refractivity contribution is 6.04. The molecule has 0 saturated heterocycles. The number of fused-ring (bicyclic) bond motifs is 1. The van der Waals surface area contributed by atoms with Gasteiger partial charge in [-0.1, -0.05) is 37.3 Å². The molecule has 0 aliphatic carbocycles.